The molecule has 0 aliphatic rings. The van der Waals surface area contributed by atoms with Crippen LogP contribution in [0.4, 0.5) is 5.69 Å². The van der Waals surface area contributed by atoms with Crippen LogP contribution < -0.4 is 10.5 Å². The molecule has 2 heterocycles. The first-order chi connectivity index (χ1) is 14.2. The van der Waals surface area contributed by atoms with Gasteiger partial charge in [-0.25, -0.2) is 0 Å². The number of para-hydroxylation sites is 2. The average molecular weight is 383 g/mol. The number of hydrogen-bond donors (Lipinski definition) is 1. The predicted octanol–water partition coefficient (Wildman–Crippen LogP) is 4.09. The van der Waals surface area contributed by atoms with E-state index in [2.05, 4.69) is 9.97 Å². The fraction of sp³-hybridized carbons (Fsp3) is 0.125. The molecule has 0 atom stereocenters. The van der Waals surface area contributed by atoms with Gasteiger partial charge in [0, 0.05) is 35.6 Å². The number of fused-ring (bicyclic) bond motifs is 1. The SMILES string of the molecule is O=C(CCc1cc2ccccc2[nH]c1=O)N(Cc1cccnc1)c1ccccc1. The zero-order valence-corrected chi connectivity index (χ0v) is 15.9. The lowest BCUT2D eigenvalue weighted by Gasteiger charge is -2.23. The van der Waals surface area contributed by atoms with Gasteiger partial charge in [0.05, 0.1) is 6.54 Å². The summed E-state index contributed by atoms with van der Waals surface area (Å²) in [7, 11) is 0. The zero-order chi connectivity index (χ0) is 20.1. The molecule has 0 aliphatic carbocycles. The van der Waals surface area contributed by atoms with Crippen LogP contribution >= 0.6 is 0 Å². The van der Waals surface area contributed by atoms with Crippen LogP contribution in [0.3, 0.4) is 0 Å². The molecule has 0 bridgehead atoms. The predicted molar refractivity (Wildman–Crippen MR) is 115 cm³/mol. The standard InChI is InChI=1S/C24H21N3O2/c28-23(13-12-20-15-19-8-4-5-11-22(19)26-24(20)29)27(21-9-2-1-3-10-21)17-18-7-6-14-25-16-18/h1-11,14-16H,12-13,17H2,(H,26,29). The second-order valence-corrected chi connectivity index (χ2v) is 6.89. The highest BCUT2D eigenvalue weighted by Gasteiger charge is 2.17. The van der Waals surface area contributed by atoms with Gasteiger partial charge in [-0.05, 0) is 47.7 Å². The van der Waals surface area contributed by atoms with Crippen LogP contribution in [0.15, 0.2) is 90.0 Å². The number of aryl methyl sites for hydroxylation is 1. The largest absolute Gasteiger partial charge is 0.322 e. The number of amides is 1. The Morgan fingerprint density at radius 3 is 2.55 bits per heavy atom. The van der Waals surface area contributed by atoms with Crippen molar-refractivity contribution >= 4 is 22.5 Å². The Labute approximate surface area is 168 Å². The fourth-order valence-corrected chi connectivity index (χ4v) is 3.36. The Bertz CT molecular complexity index is 1170. The highest BCUT2D eigenvalue weighted by atomic mass is 16.2. The lowest BCUT2D eigenvalue weighted by atomic mass is 10.1. The molecule has 5 heteroatoms. The average Bonchev–Trinajstić information content (AvgIpc) is 2.77. The van der Waals surface area contributed by atoms with E-state index in [1.165, 1.54) is 0 Å². The number of carbonyl (C=O) groups excluding carboxylic acids is 1. The lowest BCUT2D eigenvalue weighted by molar-refractivity contribution is -0.118. The van der Waals surface area contributed by atoms with Crippen molar-refractivity contribution in [3.63, 3.8) is 0 Å². The molecule has 0 aliphatic heterocycles. The number of aromatic nitrogens is 2. The number of hydrogen-bond acceptors (Lipinski definition) is 3. The van der Waals surface area contributed by atoms with Crippen molar-refractivity contribution in [1.82, 2.24) is 9.97 Å². The second kappa shape index (κ2) is 8.52. The molecule has 0 radical (unpaired) electrons. The quantitative estimate of drug-likeness (QED) is 0.545. The first kappa shape index (κ1) is 18.6. The number of H-pyrrole nitrogens is 1. The number of aromatic amines is 1. The van der Waals surface area contributed by atoms with E-state index >= 15 is 0 Å². The van der Waals surface area contributed by atoms with Crippen LogP contribution in [0.5, 0.6) is 0 Å². The van der Waals surface area contributed by atoms with Crippen molar-refractivity contribution in [1.29, 1.82) is 0 Å². The zero-order valence-electron chi connectivity index (χ0n) is 15.9. The van der Waals surface area contributed by atoms with E-state index in [4.69, 9.17) is 0 Å². The molecule has 0 saturated heterocycles. The van der Waals surface area contributed by atoms with Gasteiger partial charge >= 0.3 is 0 Å². The van der Waals surface area contributed by atoms with Crippen LogP contribution in [-0.2, 0) is 17.8 Å². The van der Waals surface area contributed by atoms with Gasteiger partial charge in [-0.1, -0.05) is 42.5 Å². The smallest absolute Gasteiger partial charge is 0.251 e. The molecule has 2 aromatic carbocycles. The maximum absolute atomic E-state index is 13.1. The third-order valence-electron chi connectivity index (χ3n) is 4.87. The number of anilines is 1. The number of carbonyl (C=O) groups is 1. The molecule has 144 valence electrons. The summed E-state index contributed by atoms with van der Waals surface area (Å²) in [5.41, 5.74) is 3.05. The fourth-order valence-electron chi connectivity index (χ4n) is 3.36. The third kappa shape index (κ3) is 4.41. The third-order valence-corrected chi connectivity index (χ3v) is 4.87. The van der Waals surface area contributed by atoms with Crippen LogP contribution in [0.2, 0.25) is 0 Å². The minimum Gasteiger partial charge on any atom is -0.322 e. The molecular formula is C24H21N3O2. The maximum Gasteiger partial charge on any atom is 0.251 e. The molecular weight excluding hydrogens is 362 g/mol. The Morgan fingerprint density at radius 1 is 0.966 bits per heavy atom. The van der Waals surface area contributed by atoms with Crippen molar-refractivity contribution in [2.24, 2.45) is 0 Å². The van der Waals surface area contributed by atoms with Gasteiger partial charge in [-0.3, -0.25) is 14.6 Å². The van der Waals surface area contributed by atoms with Crippen molar-refractivity contribution < 1.29 is 4.79 Å². The number of rotatable bonds is 6. The molecule has 0 unspecified atom stereocenters. The van der Waals surface area contributed by atoms with Crippen LogP contribution in [0, 0.1) is 0 Å². The van der Waals surface area contributed by atoms with Gasteiger partial charge in [0.2, 0.25) is 5.91 Å². The van der Waals surface area contributed by atoms with Crippen LogP contribution in [-0.4, -0.2) is 15.9 Å². The summed E-state index contributed by atoms with van der Waals surface area (Å²) in [5, 5.41) is 0.963. The van der Waals surface area contributed by atoms with E-state index in [9.17, 15) is 9.59 Å². The summed E-state index contributed by atoms with van der Waals surface area (Å²) in [6, 6.07) is 22.9. The van der Waals surface area contributed by atoms with E-state index < -0.39 is 0 Å². The van der Waals surface area contributed by atoms with Crippen molar-refractivity contribution in [3.8, 4) is 0 Å². The molecule has 1 N–H and O–H groups in total. The molecule has 2 aromatic heterocycles. The molecule has 0 saturated carbocycles. The first-order valence-electron chi connectivity index (χ1n) is 9.56. The van der Waals surface area contributed by atoms with Gasteiger partial charge in [0.25, 0.3) is 5.56 Å². The van der Waals surface area contributed by atoms with Gasteiger partial charge in [0.15, 0.2) is 0 Å². The Balaban J connectivity index is 1.55. The van der Waals surface area contributed by atoms with Crippen molar-refractivity contribution in [2.45, 2.75) is 19.4 Å². The van der Waals surface area contributed by atoms with E-state index in [1.807, 2.05) is 72.8 Å². The molecule has 0 spiro atoms. The Morgan fingerprint density at radius 2 is 1.76 bits per heavy atom. The van der Waals surface area contributed by atoms with Crippen LogP contribution in [0.1, 0.15) is 17.5 Å². The van der Waals surface area contributed by atoms with Crippen molar-refractivity contribution in [3.05, 3.63) is 107 Å². The maximum atomic E-state index is 13.1. The summed E-state index contributed by atoms with van der Waals surface area (Å²) in [6.07, 6.45) is 4.10. The van der Waals surface area contributed by atoms with E-state index in [0.717, 1.165) is 22.2 Å². The molecule has 4 rings (SSSR count). The number of nitrogens with one attached hydrogen (secondary N) is 1. The van der Waals surface area contributed by atoms with E-state index in [-0.39, 0.29) is 17.9 Å². The molecule has 5 nitrogen and oxygen atoms in total. The van der Waals surface area contributed by atoms with Gasteiger partial charge in [-0.2, -0.15) is 0 Å². The second-order valence-electron chi connectivity index (χ2n) is 6.89. The first-order valence-corrected chi connectivity index (χ1v) is 9.56. The summed E-state index contributed by atoms with van der Waals surface area (Å²) in [5.74, 6) is -0.0346. The number of nitrogens with zero attached hydrogens (tertiary/aromatic N) is 2. The summed E-state index contributed by atoms with van der Waals surface area (Å²) in [6.45, 7) is 0.435. The van der Waals surface area contributed by atoms with Gasteiger partial charge in [0.1, 0.15) is 0 Å². The monoisotopic (exact) mass is 383 g/mol. The summed E-state index contributed by atoms with van der Waals surface area (Å²) < 4.78 is 0. The van der Waals surface area contributed by atoms with E-state index in [1.54, 1.807) is 17.3 Å². The summed E-state index contributed by atoms with van der Waals surface area (Å²) in [4.78, 5) is 34.3. The van der Waals surface area contributed by atoms with Gasteiger partial charge < -0.3 is 9.88 Å². The molecule has 29 heavy (non-hydrogen) atoms. The lowest BCUT2D eigenvalue weighted by Crippen LogP contribution is -2.31. The molecule has 1 amide bonds. The van der Waals surface area contributed by atoms with Crippen molar-refractivity contribution in [2.75, 3.05) is 4.90 Å². The highest BCUT2D eigenvalue weighted by Crippen LogP contribution is 2.19. The summed E-state index contributed by atoms with van der Waals surface area (Å²) >= 11 is 0. The number of pyridine rings is 2. The normalized spacial score (nSPS) is 10.8. The molecule has 0 fully saturated rings. The van der Waals surface area contributed by atoms with Crippen LogP contribution in [0.25, 0.3) is 10.9 Å². The Kier molecular flexibility index (Phi) is 5.47. The minimum absolute atomic E-state index is 0.0346. The van der Waals surface area contributed by atoms with Gasteiger partial charge in [-0.15, -0.1) is 0 Å². The molecule has 4 aromatic rings. The topological polar surface area (TPSA) is 66.1 Å². The number of benzene rings is 2. The van der Waals surface area contributed by atoms with E-state index in [0.29, 0.717) is 18.5 Å². The highest BCUT2D eigenvalue weighted by molar-refractivity contribution is 5.93. The Hall–Kier alpha value is -3.73. The minimum atomic E-state index is -0.143.